The maximum atomic E-state index is 12.2. The van der Waals surface area contributed by atoms with Crippen molar-refractivity contribution < 1.29 is 9.53 Å². The molecule has 0 radical (unpaired) electrons. The lowest BCUT2D eigenvalue weighted by Crippen LogP contribution is -2.35. The molecule has 0 aliphatic carbocycles. The van der Waals surface area contributed by atoms with Gasteiger partial charge in [0.05, 0.1) is 18.5 Å². The quantitative estimate of drug-likeness (QED) is 0.835. The normalized spacial score (nSPS) is 20.3. The Hall–Kier alpha value is -2.47. The van der Waals surface area contributed by atoms with E-state index in [0.717, 1.165) is 63.5 Å². The first kappa shape index (κ1) is 18.9. The molecule has 3 heterocycles. The molecule has 2 saturated heterocycles. The maximum Gasteiger partial charge on any atom is 0.271 e. The van der Waals surface area contributed by atoms with Crippen LogP contribution in [-0.4, -0.2) is 48.2 Å². The van der Waals surface area contributed by atoms with E-state index in [1.165, 1.54) is 5.56 Å². The van der Waals surface area contributed by atoms with E-state index in [9.17, 15) is 4.79 Å². The first-order chi connectivity index (χ1) is 13.8. The number of aromatic nitrogens is 2. The summed E-state index contributed by atoms with van der Waals surface area (Å²) >= 11 is 0. The van der Waals surface area contributed by atoms with Crippen LogP contribution >= 0.6 is 0 Å². The molecule has 1 unspecified atom stereocenters. The lowest BCUT2D eigenvalue weighted by Gasteiger charge is -2.32. The summed E-state index contributed by atoms with van der Waals surface area (Å²) in [4.78, 5) is 23.3. The van der Waals surface area contributed by atoms with Gasteiger partial charge in [-0.3, -0.25) is 4.79 Å². The third-order valence-corrected chi connectivity index (χ3v) is 5.69. The zero-order valence-corrected chi connectivity index (χ0v) is 16.2. The zero-order valence-electron chi connectivity index (χ0n) is 16.2. The number of nitrogens with one attached hydrogen (secondary N) is 1. The predicted molar refractivity (Wildman–Crippen MR) is 108 cm³/mol. The van der Waals surface area contributed by atoms with E-state index < -0.39 is 0 Å². The number of hydrogen-bond donors (Lipinski definition) is 1. The summed E-state index contributed by atoms with van der Waals surface area (Å²) in [5.41, 5.74) is 1.78. The summed E-state index contributed by atoms with van der Waals surface area (Å²) in [6.45, 7) is 3.29. The Morgan fingerprint density at radius 1 is 1.11 bits per heavy atom. The second kappa shape index (κ2) is 9.15. The molecule has 0 spiro atoms. The average Bonchev–Trinajstić information content (AvgIpc) is 3.27. The molecule has 6 nitrogen and oxygen atoms in total. The molecule has 2 fully saturated rings. The van der Waals surface area contributed by atoms with Crippen molar-refractivity contribution in [3.8, 4) is 0 Å². The van der Waals surface area contributed by atoms with Crippen LogP contribution in [0.2, 0.25) is 0 Å². The van der Waals surface area contributed by atoms with E-state index in [1.54, 1.807) is 12.4 Å². The SMILES string of the molecule is O=C(NCC1CCCO1)c1cnc(N2CCC(Cc3ccccc3)CC2)cn1. The Bertz CT molecular complexity index is 752. The van der Waals surface area contributed by atoms with Gasteiger partial charge in [0.2, 0.25) is 0 Å². The Morgan fingerprint density at radius 2 is 1.93 bits per heavy atom. The van der Waals surface area contributed by atoms with Gasteiger partial charge in [-0.25, -0.2) is 9.97 Å². The number of anilines is 1. The first-order valence-electron chi connectivity index (χ1n) is 10.3. The van der Waals surface area contributed by atoms with Gasteiger partial charge in [0.25, 0.3) is 5.91 Å². The number of carbonyl (C=O) groups is 1. The average molecular weight is 380 g/mol. The molecule has 148 valence electrons. The van der Waals surface area contributed by atoms with Gasteiger partial charge >= 0.3 is 0 Å². The molecule has 1 atom stereocenters. The van der Waals surface area contributed by atoms with Crippen LogP contribution in [0.3, 0.4) is 0 Å². The Balaban J connectivity index is 1.25. The van der Waals surface area contributed by atoms with Gasteiger partial charge in [-0.05, 0) is 43.6 Å². The van der Waals surface area contributed by atoms with Gasteiger partial charge in [-0.15, -0.1) is 0 Å². The van der Waals surface area contributed by atoms with Crippen LogP contribution in [-0.2, 0) is 11.2 Å². The summed E-state index contributed by atoms with van der Waals surface area (Å²) in [5, 5.41) is 2.89. The number of amides is 1. The number of ether oxygens (including phenoxy) is 1. The molecule has 2 aromatic rings. The van der Waals surface area contributed by atoms with Crippen LogP contribution in [0, 0.1) is 5.92 Å². The van der Waals surface area contributed by atoms with Crippen LogP contribution in [0.15, 0.2) is 42.7 Å². The van der Waals surface area contributed by atoms with E-state index in [4.69, 9.17) is 4.74 Å². The van der Waals surface area contributed by atoms with Crippen molar-refractivity contribution in [1.29, 1.82) is 0 Å². The minimum Gasteiger partial charge on any atom is -0.376 e. The van der Waals surface area contributed by atoms with Gasteiger partial charge < -0.3 is 15.0 Å². The van der Waals surface area contributed by atoms with E-state index in [2.05, 4.69) is 50.5 Å². The first-order valence-corrected chi connectivity index (χ1v) is 10.3. The molecule has 2 aliphatic heterocycles. The standard InChI is InChI=1S/C22H28N4O2/c27-22(25-14-19-7-4-12-28-19)20-15-24-21(16-23-20)26-10-8-18(9-11-26)13-17-5-2-1-3-6-17/h1-3,5-6,15-16,18-19H,4,7-14H2,(H,25,27). The Morgan fingerprint density at radius 3 is 2.61 bits per heavy atom. The highest BCUT2D eigenvalue weighted by molar-refractivity contribution is 5.92. The number of piperidine rings is 1. The van der Waals surface area contributed by atoms with E-state index in [-0.39, 0.29) is 12.0 Å². The monoisotopic (exact) mass is 380 g/mol. The Kier molecular flexibility index (Phi) is 6.17. The fourth-order valence-electron chi connectivity index (χ4n) is 4.02. The number of rotatable bonds is 6. The van der Waals surface area contributed by atoms with Gasteiger partial charge in [-0.1, -0.05) is 30.3 Å². The van der Waals surface area contributed by atoms with Crippen molar-refractivity contribution >= 4 is 11.7 Å². The van der Waals surface area contributed by atoms with Crippen LogP contribution in [0.1, 0.15) is 41.7 Å². The molecule has 1 aromatic carbocycles. The minimum atomic E-state index is -0.184. The predicted octanol–water partition coefficient (Wildman–Crippen LogP) is 2.84. The van der Waals surface area contributed by atoms with Crippen molar-refractivity contribution in [2.45, 2.75) is 38.2 Å². The van der Waals surface area contributed by atoms with Crippen molar-refractivity contribution in [2.24, 2.45) is 5.92 Å². The van der Waals surface area contributed by atoms with Crippen molar-refractivity contribution in [3.63, 3.8) is 0 Å². The molecular weight excluding hydrogens is 352 g/mol. The molecule has 1 amide bonds. The molecule has 4 rings (SSSR count). The summed E-state index contributed by atoms with van der Waals surface area (Å²) in [7, 11) is 0. The Labute approximate surface area is 166 Å². The van der Waals surface area contributed by atoms with Crippen LogP contribution < -0.4 is 10.2 Å². The van der Waals surface area contributed by atoms with Crippen molar-refractivity contribution in [1.82, 2.24) is 15.3 Å². The van der Waals surface area contributed by atoms with Crippen molar-refractivity contribution in [3.05, 3.63) is 54.0 Å². The van der Waals surface area contributed by atoms with E-state index in [1.807, 2.05) is 0 Å². The van der Waals surface area contributed by atoms with E-state index in [0.29, 0.717) is 12.2 Å². The third kappa shape index (κ3) is 4.87. The molecule has 0 bridgehead atoms. The summed E-state index contributed by atoms with van der Waals surface area (Å²) < 4.78 is 5.53. The fourth-order valence-corrected chi connectivity index (χ4v) is 4.02. The third-order valence-electron chi connectivity index (χ3n) is 5.69. The highest BCUT2D eigenvalue weighted by atomic mass is 16.5. The van der Waals surface area contributed by atoms with Gasteiger partial charge in [0.1, 0.15) is 11.5 Å². The fraction of sp³-hybridized carbons (Fsp3) is 0.500. The highest BCUT2D eigenvalue weighted by Gasteiger charge is 2.21. The maximum absolute atomic E-state index is 12.2. The van der Waals surface area contributed by atoms with Crippen LogP contribution in [0.25, 0.3) is 0 Å². The number of hydrogen-bond acceptors (Lipinski definition) is 5. The second-order valence-corrected chi connectivity index (χ2v) is 7.73. The highest BCUT2D eigenvalue weighted by Crippen LogP contribution is 2.24. The molecule has 1 aromatic heterocycles. The zero-order chi connectivity index (χ0) is 19.2. The second-order valence-electron chi connectivity index (χ2n) is 7.73. The smallest absolute Gasteiger partial charge is 0.271 e. The van der Waals surface area contributed by atoms with Crippen LogP contribution in [0.4, 0.5) is 5.82 Å². The molecular formula is C22H28N4O2. The lowest BCUT2D eigenvalue weighted by molar-refractivity contribution is 0.0853. The summed E-state index contributed by atoms with van der Waals surface area (Å²) in [6, 6.07) is 10.7. The summed E-state index contributed by atoms with van der Waals surface area (Å²) in [5.74, 6) is 1.39. The number of benzene rings is 1. The van der Waals surface area contributed by atoms with Crippen LogP contribution in [0.5, 0.6) is 0 Å². The van der Waals surface area contributed by atoms with E-state index >= 15 is 0 Å². The summed E-state index contributed by atoms with van der Waals surface area (Å²) in [6.07, 6.45) is 8.95. The molecule has 0 saturated carbocycles. The van der Waals surface area contributed by atoms with Gasteiger partial charge in [-0.2, -0.15) is 0 Å². The minimum absolute atomic E-state index is 0.133. The largest absolute Gasteiger partial charge is 0.376 e. The topological polar surface area (TPSA) is 67.3 Å². The van der Waals surface area contributed by atoms with Gasteiger partial charge in [0, 0.05) is 26.2 Å². The molecule has 6 heteroatoms. The van der Waals surface area contributed by atoms with Crippen molar-refractivity contribution in [2.75, 3.05) is 31.1 Å². The molecule has 2 aliphatic rings. The molecule has 1 N–H and O–H groups in total. The van der Waals surface area contributed by atoms with Gasteiger partial charge in [0.15, 0.2) is 0 Å². The number of carbonyl (C=O) groups excluding carboxylic acids is 1. The lowest BCUT2D eigenvalue weighted by atomic mass is 9.90. The number of nitrogens with zero attached hydrogens (tertiary/aromatic N) is 3. The molecule has 28 heavy (non-hydrogen) atoms.